The highest BCUT2D eigenvalue weighted by atomic mass is 32.2. The lowest BCUT2D eigenvalue weighted by atomic mass is 10.3. The Labute approximate surface area is 121 Å². The minimum atomic E-state index is -3.67. The largest absolute Gasteiger partial charge is 0.495 e. The average Bonchev–Trinajstić information content (AvgIpc) is 2.82. The van der Waals surface area contributed by atoms with E-state index in [1.165, 1.54) is 36.6 Å². The first-order valence-corrected chi connectivity index (χ1v) is 8.07. The van der Waals surface area contributed by atoms with Gasteiger partial charge in [-0.3, -0.25) is 0 Å². The number of nitrogens with one attached hydrogen (secondary N) is 1. The van der Waals surface area contributed by atoms with Crippen LogP contribution in [0, 0.1) is 6.92 Å². The van der Waals surface area contributed by atoms with Crippen LogP contribution in [0.3, 0.4) is 0 Å². The van der Waals surface area contributed by atoms with Gasteiger partial charge in [-0.25, -0.2) is 18.1 Å². The van der Waals surface area contributed by atoms with Crippen molar-refractivity contribution in [1.29, 1.82) is 0 Å². The van der Waals surface area contributed by atoms with E-state index in [1.807, 2.05) is 6.92 Å². The number of rotatable bonds is 5. The molecule has 0 amide bonds. The lowest BCUT2D eigenvalue weighted by Crippen LogP contribution is -2.23. The number of nitrogens with two attached hydrogens (primary N) is 1. The zero-order valence-electron chi connectivity index (χ0n) is 11.1. The van der Waals surface area contributed by atoms with Crippen molar-refractivity contribution in [2.24, 2.45) is 0 Å². The quantitative estimate of drug-likeness (QED) is 0.816. The van der Waals surface area contributed by atoms with Gasteiger partial charge >= 0.3 is 0 Å². The van der Waals surface area contributed by atoms with Gasteiger partial charge in [-0.2, -0.15) is 0 Å². The molecule has 0 aliphatic rings. The summed E-state index contributed by atoms with van der Waals surface area (Å²) in [4.78, 5) is 5.20. The van der Waals surface area contributed by atoms with Crippen LogP contribution in [-0.2, 0) is 16.6 Å². The molecule has 6 nitrogen and oxygen atoms in total. The van der Waals surface area contributed by atoms with Crippen LogP contribution in [0.4, 0.5) is 5.69 Å². The third-order valence-corrected chi connectivity index (χ3v) is 4.91. The number of anilines is 1. The number of nitrogens with zero attached hydrogens (tertiary/aromatic N) is 1. The van der Waals surface area contributed by atoms with Crippen LogP contribution >= 0.6 is 11.3 Å². The van der Waals surface area contributed by atoms with E-state index in [2.05, 4.69) is 9.71 Å². The lowest BCUT2D eigenvalue weighted by Gasteiger charge is -2.10. The van der Waals surface area contributed by atoms with Gasteiger partial charge in [0.1, 0.15) is 15.7 Å². The molecular weight excluding hydrogens is 298 g/mol. The van der Waals surface area contributed by atoms with Crippen LogP contribution < -0.4 is 15.2 Å². The first-order chi connectivity index (χ1) is 9.42. The minimum absolute atomic E-state index is 0.0579. The number of aryl methyl sites for hydroxylation is 1. The summed E-state index contributed by atoms with van der Waals surface area (Å²) in [6.45, 7) is 2.06. The van der Waals surface area contributed by atoms with E-state index in [1.54, 1.807) is 6.20 Å². The molecule has 8 heteroatoms. The van der Waals surface area contributed by atoms with Crippen molar-refractivity contribution in [3.8, 4) is 5.75 Å². The van der Waals surface area contributed by atoms with Gasteiger partial charge in [0.15, 0.2) is 0 Å². The Kier molecular flexibility index (Phi) is 4.26. The van der Waals surface area contributed by atoms with Crippen molar-refractivity contribution in [2.45, 2.75) is 18.4 Å². The molecule has 2 rings (SSSR count). The van der Waals surface area contributed by atoms with E-state index in [4.69, 9.17) is 10.5 Å². The Morgan fingerprint density at radius 2 is 2.20 bits per heavy atom. The Hall–Kier alpha value is -1.64. The highest BCUT2D eigenvalue weighted by Crippen LogP contribution is 2.26. The topological polar surface area (TPSA) is 94.3 Å². The van der Waals surface area contributed by atoms with Crippen LogP contribution in [0.15, 0.2) is 29.3 Å². The fourth-order valence-corrected chi connectivity index (χ4v) is 3.58. The maximum Gasteiger partial charge on any atom is 0.244 e. The fourth-order valence-electron chi connectivity index (χ4n) is 1.62. The van der Waals surface area contributed by atoms with Crippen molar-refractivity contribution in [3.63, 3.8) is 0 Å². The summed E-state index contributed by atoms with van der Waals surface area (Å²) in [5, 5.41) is 0.709. The van der Waals surface area contributed by atoms with E-state index in [9.17, 15) is 8.42 Å². The molecule has 0 fully saturated rings. The van der Waals surface area contributed by atoms with Gasteiger partial charge in [0.05, 0.1) is 13.7 Å². The molecule has 0 saturated carbocycles. The molecule has 0 spiro atoms. The number of nitrogen functional groups attached to an aromatic ring is 1. The zero-order valence-corrected chi connectivity index (χ0v) is 12.7. The number of aromatic nitrogens is 1. The molecule has 1 heterocycles. The van der Waals surface area contributed by atoms with Crippen molar-refractivity contribution in [3.05, 3.63) is 34.3 Å². The Bertz CT molecular complexity index is 710. The van der Waals surface area contributed by atoms with Crippen molar-refractivity contribution in [2.75, 3.05) is 12.8 Å². The minimum Gasteiger partial charge on any atom is -0.495 e. The molecular formula is C12H15N3O3S2. The summed E-state index contributed by atoms with van der Waals surface area (Å²) < 4.78 is 32.1. The SMILES string of the molecule is COc1cc(N)ccc1S(=O)(=O)NCc1ncc(C)s1. The molecule has 0 radical (unpaired) electrons. The highest BCUT2D eigenvalue weighted by Gasteiger charge is 2.19. The molecule has 1 aromatic heterocycles. The van der Waals surface area contributed by atoms with Gasteiger partial charge < -0.3 is 10.5 Å². The van der Waals surface area contributed by atoms with Crippen molar-refractivity contribution < 1.29 is 13.2 Å². The van der Waals surface area contributed by atoms with Crippen LogP contribution in [0.5, 0.6) is 5.75 Å². The number of benzene rings is 1. The van der Waals surface area contributed by atoms with Gasteiger partial charge in [-0.1, -0.05) is 0 Å². The van der Waals surface area contributed by atoms with Crippen LogP contribution in [0.1, 0.15) is 9.88 Å². The van der Waals surface area contributed by atoms with Gasteiger partial charge in [0.25, 0.3) is 0 Å². The summed E-state index contributed by atoms with van der Waals surface area (Å²) in [7, 11) is -2.27. The molecule has 0 bridgehead atoms. The third kappa shape index (κ3) is 3.27. The Morgan fingerprint density at radius 3 is 2.80 bits per heavy atom. The number of hydrogen-bond donors (Lipinski definition) is 2. The summed E-state index contributed by atoms with van der Waals surface area (Å²) >= 11 is 1.45. The Morgan fingerprint density at radius 1 is 1.45 bits per heavy atom. The average molecular weight is 313 g/mol. The standard InChI is InChI=1S/C12H15N3O3S2/c1-8-6-14-12(19-8)7-15-20(16,17)11-4-3-9(13)5-10(11)18-2/h3-6,15H,7,13H2,1-2H3. The summed E-state index contributed by atoms with van der Waals surface area (Å²) in [5.41, 5.74) is 6.05. The second kappa shape index (κ2) is 5.78. The van der Waals surface area contributed by atoms with Gasteiger partial charge in [-0.05, 0) is 19.1 Å². The molecule has 1 aromatic carbocycles. The second-order valence-corrected chi connectivity index (χ2v) is 7.15. The molecule has 3 N–H and O–H groups in total. The second-order valence-electron chi connectivity index (χ2n) is 4.10. The first kappa shape index (κ1) is 14.8. The molecule has 0 aliphatic carbocycles. The number of hydrogen-bond acceptors (Lipinski definition) is 6. The molecule has 20 heavy (non-hydrogen) atoms. The van der Waals surface area contributed by atoms with Crippen LogP contribution in [-0.4, -0.2) is 20.5 Å². The van der Waals surface area contributed by atoms with Gasteiger partial charge in [0.2, 0.25) is 10.0 Å². The van der Waals surface area contributed by atoms with Crippen LogP contribution in [0.25, 0.3) is 0 Å². The summed E-state index contributed by atoms with van der Waals surface area (Å²) in [5.74, 6) is 0.216. The number of sulfonamides is 1. The Balaban J connectivity index is 2.22. The van der Waals surface area contributed by atoms with Gasteiger partial charge in [0, 0.05) is 22.8 Å². The van der Waals surface area contributed by atoms with Crippen molar-refractivity contribution >= 4 is 27.0 Å². The molecule has 0 unspecified atom stereocenters. The third-order valence-electron chi connectivity index (χ3n) is 2.56. The number of ether oxygens (including phenoxy) is 1. The zero-order chi connectivity index (χ0) is 14.8. The lowest BCUT2D eigenvalue weighted by molar-refractivity contribution is 0.402. The predicted octanol–water partition coefficient (Wildman–Crippen LogP) is 1.52. The summed E-state index contributed by atoms with van der Waals surface area (Å²) in [6, 6.07) is 4.41. The van der Waals surface area contributed by atoms with E-state index >= 15 is 0 Å². The molecule has 0 saturated heterocycles. The number of methoxy groups -OCH3 is 1. The molecule has 0 atom stereocenters. The van der Waals surface area contributed by atoms with Crippen LogP contribution in [0.2, 0.25) is 0 Å². The molecule has 108 valence electrons. The summed E-state index contributed by atoms with van der Waals surface area (Å²) in [6.07, 6.45) is 1.71. The van der Waals surface area contributed by atoms with Crippen molar-refractivity contribution in [1.82, 2.24) is 9.71 Å². The monoisotopic (exact) mass is 313 g/mol. The van der Waals surface area contributed by atoms with E-state index in [0.717, 1.165) is 4.88 Å². The number of thiazole rings is 1. The van der Waals surface area contributed by atoms with E-state index < -0.39 is 10.0 Å². The van der Waals surface area contributed by atoms with E-state index in [0.29, 0.717) is 10.7 Å². The molecule has 0 aliphatic heterocycles. The normalized spacial score (nSPS) is 11.5. The van der Waals surface area contributed by atoms with E-state index in [-0.39, 0.29) is 17.2 Å². The molecule has 2 aromatic rings. The highest BCUT2D eigenvalue weighted by molar-refractivity contribution is 7.89. The fraction of sp³-hybridized carbons (Fsp3) is 0.250. The predicted molar refractivity (Wildman–Crippen MR) is 78.3 cm³/mol. The maximum absolute atomic E-state index is 12.2. The van der Waals surface area contributed by atoms with Gasteiger partial charge in [-0.15, -0.1) is 11.3 Å². The maximum atomic E-state index is 12.2. The first-order valence-electron chi connectivity index (χ1n) is 5.77. The smallest absolute Gasteiger partial charge is 0.244 e.